The Labute approximate surface area is 115 Å². The first kappa shape index (κ1) is 12.4. The van der Waals surface area contributed by atoms with E-state index in [2.05, 4.69) is 23.5 Å². The summed E-state index contributed by atoms with van der Waals surface area (Å²) in [6.45, 7) is 1.16. The summed E-state index contributed by atoms with van der Waals surface area (Å²) < 4.78 is 6.44. The average molecular weight is 273 g/mol. The summed E-state index contributed by atoms with van der Waals surface area (Å²) in [6.07, 6.45) is 1.17. The zero-order valence-electron chi connectivity index (χ0n) is 10.4. The summed E-state index contributed by atoms with van der Waals surface area (Å²) in [4.78, 5) is 0.994. The van der Waals surface area contributed by atoms with Gasteiger partial charge in [0.2, 0.25) is 0 Å². The van der Waals surface area contributed by atoms with Gasteiger partial charge in [-0.25, -0.2) is 0 Å². The molecule has 0 aliphatic heterocycles. The molecule has 0 aliphatic carbocycles. The fraction of sp³-hybridized carbons (Fsp3) is 0.200. The second-order valence-corrected chi connectivity index (χ2v) is 5.53. The van der Waals surface area contributed by atoms with Gasteiger partial charge in [0.15, 0.2) is 0 Å². The molecule has 3 rings (SSSR count). The molecule has 4 heteroatoms. The molecule has 1 atom stereocenters. The first-order valence-corrected chi connectivity index (χ1v) is 7.04. The van der Waals surface area contributed by atoms with Crippen molar-refractivity contribution in [3.8, 4) is 0 Å². The maximum Gasteiger partial charge on any atom is 0.117 e. The van der Waals surface area contributed by atoms with Crippen molar-refractivity contribution in [3.63, 3.8) is 0 Å². The topological polar surface area (TPSA) is 45.4 Å². The highest BCUT2D eigenvalue weighted by molar-refractivity contribution is 7.19. The Bertz CT molecular complexity index is 612. The maximum atomic E-state index is 10.2. The van der Waals surface area contributed by atoms with E-state index in [4.69, 9.17) is 4.42 Å². The van der Waals surface area contributed by atoms with E-state index in [0.717, 1.165) is 10.6 Å². The fourth-order valence-corrected chi connectivity index (χ4v) is 3.06. The third kappa shape index (κ3) is 2.87. The number of aliphatic hydroxyl groups is 1. The molecule has 2 N–H and O–H groups in total. The van der Waals surface area contributed by atoms with Gasteiger partial charge < -0.3 is 14.8 Å². The van der Waals surface area contributed by atoms with E-state index in [1.54, 1.807) is 17.6 Å². The average Bonchev–Trinajstić information content (AvgIpc) is 3.07. The number of thiophene rings is 1. The highest BCUT2D eigenvalue weighted by Gasteiger charge is 2.11. The van der Waals surface area contributed by atoms with Crippen LogP contribution in [0.4, 0.5) is 0 Å². The van der Waals surface area contributed by atoms with Gasteiger partial charge in [0.1, 0.15) is 11.9 Å². The molecule has 98 valence electrons. The maximum absolute atomic E-state index is 10.2. The zero-order chi connectivity index (χ0) is 13.1. The van der Waals surface area contributed by atoms with E-state index in [9.17, 15) is 5.11 Å². The lowest BCUT2D eigenvalue weighted by atomic mass is 10.2. The SMILES string of the molecule is OC(CNCc1ccco1)c1cc2ccccc2s1. The van der Waals surface area contributed by atoms with Crippen LogP contribution in [0.25, 0.3) is 10.1 Å². The summed E-state index contributed by atoms with van der Waals surface area (Å²) >= 11 is 1.64. The number of aliphatic hydroxyl groups excluding tert-OH is 1. The largest absolute Gasteiger partial charge is 0.468 e. The minimum absolute atomic E-state index is 0.479. The minimum Gasteiger partial charge on any atom is -0.468 e. The van der Waals surface area contributed by atoms with Crippen LogP contribution >= 0.6 is 11.3 Å². The van der Waals surface area contributed by atoms with Crippen LogP contribution in [0, 0.1) is 0 Å². The monoisotopic (exact) mass is 273 g/mol. The molecule has 1 unspecified atom stereocenters. The Morgan fingerprint density at radius 2 is 2.11 bits per heavy atom. The van der Waals surface area contributed by atoms with Crippen molar-refractivity contribution in [1.29, 1.82) is 0 Å². The van der Waals surface area contributed by atoms with Gasteiger partial charge in [-0.1, -0.05) is 18.2 Å². The van der Waals surface area contributed by atoms with Crippen LogP contribution < -0.4 is 5.32 Å². The molecule has 0 bridgehead atoms. The molecule has 2 aromatic heterocycles. The zero-order valence-corrected chi connectivity index (χ0v) is 11.2. The third-order valence-corrected chi connectivity index (χ3v) is 4.21. The molecule has 0 radical (unpaired) electrons. The van der Waals surface area contributed by atoms with E-state index in [1.807, 2.05) is 24.3 Å². The lowest BCUT2D eigenvalue weighted by molar-refractivity contribution is 0.177. The summed E-state index contributed by atoms with van der Waals surface area (Å²) in [5.41, 5.74) is 0. The number of fused-ring (bicyclic) bond motifs is 1. The number of benzene rings is 1. The molecule has 0 saturated carbocycles. The summed E-state index contributed by atoms with van der Waals surface area (Å²) in [5, 5.41) is 14.5. The molecule has 1 aromatic carbocycles. The molecular weight excluding hydrogens is 258 g/mol. The first-order chi connectivity index (χ1) is 9.33. The number of nitrogens with one attached hydrogen (secondary N) is 1. The molecule has 19 heavy (non-hydrogen) atoms. The quantitative estimate of drug-likeness (QED) is 0.749. The van der Waals surface area contributed by atoms with Crippen LogP contribution in [0.15, 0.2) is 53.1 Å². The fourth-order valence-electron chi connectivity index (χ4n) is 2.01. The highest BCUT2D eigenvalue weighted by atomic mass is 32.1. The van der Waals surface area contributed by atoms with Crippen molar-refractivity contribution in [2.24, 2.45) is 0 Å². The van der Waals surface area contributed by atoms with E-state index in [-0.39, 0.29) is 0 Å². The van der Waals surface area contributed by atoms with E-state index in [1.165, 1.54) is 10.1 Å². The molecule has 0 amide bonds. The summed E-state index contributed by atoms with van der Waals surface area (Å²) in [5.74, 6) is 0.878. The van der Waals surface area contributed by atoms with Gasteiger partial charge in [-0.15, -0.1) is 11.3 Å². The van der Waals surface area contributed by atoms with Crippen LogP contribution in [0.1, 0.15) is 16.7 Å². The predicted molar refractivity (Wildman–Crippen MR) is 77.2 cm³/mol. The van der Waals surface area contributed by atoms with Gasteiger partial charge >= 0.3 is 0 Å². The summed E-state index contributed by atoms with van der Waals surface area (Å²) in [7, 11) is 0. The van der Waals surface area contributed by atoms with Gasteiger partial charge in [-0.3, -0.25) is 0 Å². The molecule has 0 saturated heterocycles. The molecule has 3 aromatic rings. The Kier molecular flexibility index (Phi) is 3.64. The van der Waals surface area contributed by atoms with Gasteiger partial charge in [0.25, 0.3) is 0 Å². The van der Waals surface area contributed by atoms with Crippen molar-refractivity contribution in [2.45, 2.75) is 12.6 Å². The third-order valence-electron chi connectivity index (χ3n) is 2.99. The second-order valence-electron chi connectivity index (χ2n) is 4.41. The lowest BCUT2D eigenvalue weighted by Gasteiger charge is -2.08. The molecule has 2 heterocycles. The standard InChI is InChI=1S/C15H15NO2S/c17-13(10-16-9-12-5-3-7-18-12)15-8-11-4-1-2-6-14(11)19-15/h1-8,13,16-17H,9-10H2. The van der Waals surface area contributed by atoms with E-state index >= 15 is 0 Å². The van der Waals surface area contributed by atoms with Crippen molar-refractivity contribution < 1.29 is 9.52 Å². The van der Waals surface area contributed by atoms with Crippen molar-refractivity contribution in [1.82, 2.24) is 5.32 Å². The van der Waals surface area contributed by atoms with Gasteiger partial charge in [-0.05, 0) is 29.7 Å². The molecule has 0 fully saturated rings. The number of hydrogen-bond donors (Lipinski definition) is 2. The second kappa shape index (κ2) is 5.57. The van der Waals surface area contributed by atoms with Crippen LogP contribution in [0.3, 0.4) is 0 Å². The number of rotatable bonds is 5. The van der Waals surface area contributed by atoms with E-state index in [0.29, 0.717) is 13.1 Å². The molecule has 0 spiro atoms. The lowest BCUT2D eigenvalue weighted by Crippen LogP contribution is -2.20. The highest BCUT2D eigenvalue weighted by Crippen LogP contribution is 2.29. The normalized spacial score (nSPS) is 12.9. The van der Waals surface area contributed by atoms with Gasteiger partial charge in [0.05, 0.1) is 12.8 Å². The van der Waals surface area contributed by atoms with Crippen LogP contribution in [-0.2, 0) is 6.54 Å². The van der Waals surface area contributed by atoms with Crippen molar-refractivity contribution in [3.05, 3.63) is 59.4 Å². The first-order valence-electron chi connectivity index (χ1n) is 6.22. The molecule has 0 aliphatic rings. The van der Waals surface area contributed by atoms with Gasteiger partial charge in [-0.2, -0.15) is 0 Å². The Morgan fingerprint density at radius 3 is 2.89 bits per heavy atom. The van der Waals surface area contributed by atoms with Crippen LogP contribution in [0.2, 0.25) is 0 Å². The Morgan fingerprint density at radius 1 is 1.21 bits per heavy atom. The Hall–Kier alpha value is -1.62. The Balaban J connectivity index is 1.61. The minimum atomic E-state index is -0.479. The predicted octanol–water partition coefficient (Wildman–Crippen LogP) is 3.32. The number of hydrogen-bond acceptors (Lipinski definition) is 4. The van der Waals surface area contributed by atoms with Crippen LogP contribution in [-0.4, -0.2) is 11.7 Å². The molecular formula is C15H15NO2S. The smallest absolute Gasteiger partial charge is 0.117 e. The van der Waals surface area contributed by atoms with E-state index < -0.39 is 6.10 Å². The van der Waals surface area contributed by atoms with Crippen molar-refractivity contribution >= 4 is 21.4 Å². The molecule has 3 nitrogen and oxygen atoms in total. The van der Waals surface area contributed by atoms with Gasteiger partial charge in [0, 0.05) is 16.1 Å². The van der Waals surface area contributed by atoms with Crippen molar-refractivity contribution in [2.75, 3.05) is 6.54 Å². The summed E-state index contributed by atoms with van der Waals surface area (Å²) in [6, 6.07) is 14.0. The number of furan rings is 1. The van der Waals surface area contributed by atoms with Crippen LogP contribution in [0.5, 0.6) is 0 Å².